The number of hydrogen-bond acceptors (Lipinski definition) is 4. The molecule has 0 aliphatic carbocycles. The third-order valence-corrected chi connectivity index (χ3v) is 5.49. The number of halogens is 1. The van der Waals surface area contributed by atoms with E-state index in [0.29, 0.717) is 29.7 Å². The summed E-state index contributed by atoms with van der Waals surface area (Å²) < 4.78 is 6.83. The van der Waals surface area contributed by atoms with Gasteiger partial charge in [-0.05, 0) is 35.9 Å². The molecule has 2 amide bonds. The zero-order chi connectivity index (χ0) is 21.1. The molecule has 1 aromatic heterocycles. The van der Waals surface area contributed by atoms with E-state index in [1.807, 2.05) is 36.4 Å². The van der Waals surface area contributed by atoms with Crippen LogP contribution >= 0.6 is 11.6 Å². The Hall–Kier alpha value is -3.32. The van der Waals surface area contributed by atoms with Gasteiger partial charge in [-0.25, -0.2) is 4.68 Å². The number of amides is 2. The lowest BCUT2D eigenvalue weighted by molar-refractivity contribution is -0.122. The summed E-state index contributed by atoms with van der Waals surface area (Å²) in [5.74, 6) is 0.551. The van der Waals surface area contributed by atoms with Crippen LogP contribution in [-0.2, 0) is 16.1 Å². The fourth-order valence-corrected chi connectivity index (χ4v) is 3.67. The second kappa shape index (κ2) is 8.59. The maximum atomic E-state index is 12.8. The lowest BCUT2D eigenvalue weighted by atomic mass is 10.1. The highest BCUT2D eigenvalue weighted by molar-refractivity contribution is 6.31. The van der Waals surface area contributed by atoms with Crippen LogP contribution in [0.1, 0.15) is 12.0 Å². The van der Waals surface area contributed by atoms with E-state index in [2.05, 4.69) is 10.4 Å². The van der Waals surface area contributed by atoms with Crippen molar-refractivity contribution in [3.63, 3.8) is 0 Å². The van der Waals surface area contributed by atoms with Crippen molar-refractivity contribution in [2.75, 3.05) is 23.9 Å². The fourth-order valence-electron chi connectivity index (χ4n) is 3.48. The summed E-state index contributed by atoms with van der Waals surface area (Å²) in [5, 5.41) is 7.82. The van der Waals surface area contributed by atoms with Gasteiger partial charge in [-0.15, -0.1) is 0 Å². The van der Waals surface area contributed by atoms with Gasteiger partial charge in [0.15, 0.2) is 0 Å². The molecule has 0 unspecified atom stereocenters. The summed E-state index contributed by atoms with van der Waals surface area (Å²) in [7, 11) is 1.59. The molecule has 1 saturated heterocycles. The minimum absolute atomic E-state index is 0.0788. The van der Waals surface area contributed by atoms with Gasteiger partial charge < -0.3 is 15.0 Å². The van der Waals surface area contributed by atoms with Crippen LogP contribution in [0.4, 0.5) is 11.5 Å². The topological polar surface area (TPSA) is 76.5 Å². The summed E-state index contributed by atoms with van der Waals surface area (Å²) in [6.45, 7) is 0.763. The first-order valence-corrected chi connectivity index (χ1v) is 9.93. The molecule has 1 aliphatic rings. The van der Waals surface area contributed by atoms with E-state index < -0.39 is 5.92 Å². The summed E-state index contributed by atoms with van der Waals surface area (Å²) in [6.07, 6.45) is 1.78. The quantitative estimate of drug-likeness (QED) is 0.656. The van der Waals surface area contributed by atoms with Gasteiger partial charge in [0, 0.05) is 29.7 Å². The number of ether oxygens (including phenoxy) is 1. The second-order valence-corrected chi connectivity index (χ2v) is 7.47. The number of anilines is 2. The Balaban J connectivity index is 1.43. The SMILES string of the molecule is COc1ccc(N2C[C@H](C(=O)Nc3ccnn3Cc3ccccc3Cl)CC2=O)cc1. The van der Waals surface area contributed by atoms with E-state index in [4.69, 9.17) is 16.3 Å². The smallest absolute Gasteiger partial charge is 0.230 e. The molecule has 1 atom stereocenters. The van der Waals surface area contributed by atoms with Crippen molar-refractivity contribution in [2.24, 2.45) is 5.92 Å². The first kappa shape index (κ1) is 20.0. The molecule has 0 saturated carbocycles. The molecule has 1 N–H and O–H groups in total. The molecule has 0 radical (unpaired) electrons. The van der Waals surface area contributed by atoms with Gasteiger partial charge >= 0.3 is 0 Å². The lowest BCUT2D eigenvalue weighted by Crippen LogP contribution is -2.28. The highest BCUT2D eigenvalue weighted by Gasteiger charge is 2.35. The average molecular weight is 425 g/mol. The standard InChI is InChI=1S/C22H21ClN4O3/c1-30-18-8-6-17(7-9-18)26-13-16(12-21(26)28)22(29)25-20-10-11-24-27(20)14-15-4-2-3-5-19(15)23/h2-11,16H,12-14H2,1H3,(H,25,29)/t16-/m1/s1. The number of hydrogen-bond donors (Lipinski definition) is 1. The molecule has 1 aliphatic heterocycles. The van der Waals surface area contributed by atoms with Gasteiger partial charge in [-0.2, -0.15) is 5.10 Å². The van der Waals surface area contributed by atoms with Crippen molar-refractivity contribution >= 4 is 34.9 Å². The molecule has 0 spiro atoms. The summed E-state index contributed by atoms with van der Waals surface area (Å²) >= 11 is 6.23. The number of carbonyl (C=O) groups is 2. The largest absolute Gasteiger partial charge is 0.497 e. The van der Waals surface area contributed by atoms with Gasteiger partial charge in [0.25, 0.3) is 0 Å². The fraction of sp³-hybridized carbons (Fsp3) is 0.227. The van der Waals surface area contributed by atoms with E-state index in [-0.39, 0.29) is 18.2 Å². The highest BCUT2D eigenvalue weighted by Crippen LogP contribution is 2.28. The van der Waals surface area contributed by atoms with E-state index in [9.17, 15) is 9.59 Å². The van der Waals surface area contributed by atoms with Gasteiger partial charge in [0.2, 0.25) is 11.8 Å². The molecule has 2 aromatic carbocycles. The first-order chi connectivity index (χ1) is 14.5. The number of rotatable bonds is 6. The number of nitrogens with zero attached hydrogens (tertiary/aromatic N) is 3. The third kappa shape index (κ3) is 4.16. The minimum atomic E-state index is -0.441. The van der Waals surface area contributed by atoms with Crippen LogP contribution in [0.3, 0.4) is 0 Å². The molecule has 7 nitrogen and oxygen atoms in total. The number of aromatic nitrogens is 2. The zero-order valence-corrected chi connectivity index (χ0v) is 17.2. The third-order valence-electron chi connectivity index (χ3n) is 5.13. The Morgan fingerprint density at radius 2 is 1.97 bits per heavy atom. The van der Waals surface area contributed by atoms with Crippen molar-refractivity contribution in [1.29, 1.82) is 0 Å². The Bertz CT molecular complexity index is 1060. The molecule has 30 heavy (non-hydrogen) atoms. The maximum Gasteiger partial charge on any atom is 0.230 e. The van der Waals surface area contributed by atoms with Crippen LogP contribution in [-0.4, -0.2) is 35.2 Å². The van der Waals surface area contributed by atoms with E-state index in [0.717, 1.165) is 11.3 Å². The van der Waals surface area contributed by atoms with Crippen LogP contribution in [0.15, 0.2) is 60.8 Å². The number of methoxy groups -OCH3 is 1. The van der Waals surface area contributed by atoms with Gasteiger partial charge in [-0.1, -0.05) is 29.8 Å². The molecule has 154 valence electrons. The lowest BCUT2D eigenvalue weighted by Gasteiger charge is -2.17. The van der Waals surface area contributed by atoms with Crippen LogP contribution in [0.25, 0.3) is 0 Å². The molecule has 4 rings (SSSR count). The van der Waals surface area contributed by atoms with Crippen molar-refractivity contribution in [3.8, 4) is 5.75 Å². The van der Waals surface area contributed by atoms with Crippen LogP contribution < -0.4 is 15.0 Å². The van der Waals surface area contributed by atoms with Gasteiger partial charge in [0.1, 0.15) is 11.6 Å². The average Bonchev–Trinajstić information content (AvgIpc) is 3.36. The zero-order valence-electron chi connectivity index (χ0n) is 16.4. The van der Waals surface area contributed by atoms with E-state index >= 15 is 0 Å². The monoisotopic (exact) mass is 424 g/mol. The van der Waals surface area contributed by atoms with Crippen molar-refractivity contribution < 1.29 is 14.3 Å². The summed E-state index contributed by atoms with van der Waals surface area (Å²) in [5.41, 5.74) is 1.65. The molecule has 3 aromatic rings. The van der Waals surface area contributed by atoms with Crippen LogP contribution in [0.2, 0.25) is 5.02 Å². The predicted molar refractivity (Wildman–Crippen MR) is 115 cm³/mol. The van der Waals surface area contributed by atoms with Crippen molar-refractivity contribution in [2.45, 2.75) is 13.0 Å². The van der Waals surface area contributed by atoms with Gasteiger partial charge in [-0.3, -0.25) is 9.59 Å². The van der Waals surface area contributed by atoms with E-state index in [1.165, 1.54) is 0 Å². The Morgan fingerprint density at radius 1 is 1.20 bits per heavy atom. The molecular formula is C22H21ClN4O3. The van der Waals surface area contributed by atoms with Crippen LogP contribution in [0.5, 0.6) is 5.75 Å². The van der Waals surface area contributed by atoms with Crippen molar-refractivity contribution in [1.82, 2.24) is 9.78 Å². The predicted octanol–water partition coefficient (Wildman–Crippen LogP) is 3.59. The van der Waals surface area contributed by atoms with Crippen molar-refractivity contribution in [3.05, 3.63) is 71.4 Å². The normalized spacial score (nSPS) is 16.0. The highest BCUT2D eigenvalue weighted by atomic mass is 35.5. The molecular weight excluding hydrogens is 404 g/mol. The Morgan fingerprint density at radius 3 is 2.70 bits per heavy atom. The van der Waals surface area contributed by atoms with E-state index in [1.54, 1.807) is 41.1 Å². The maximum absolute atomic E-state index is 12.8. The number of benzene rings is 2. The minimum Gasteiger partial charge on any atom is -0.497 e. The molecule has 1 fully saturated rings. The molecule has 0 bridgehead atoms. The second-order valence-electron chi connectivity index (χ2n) is 7.06. The summed E-state index contributed by atoms with van der Waals surface area (Å²) in [6, 6.07) is 16.4. The summed E-state index contributed by atoms with van der Waals surface area (Å²) in [4.78, 5) is 26.9. The molecule has 8 heteroatoms. The molecule has 2 heterocycles. The number of carbonyl (C=O) groups excluding carboxylic acids is 2. The Kier molecular flexibility index (Phi) is 5.72. The Labute approximate surface area is 179 Å². The number of nitrogens with one attached hydrogen (secondary N) is 1. The van der Waals surface area contributed by atoms with Crippen LogP contribution in [0, 0.1) is 5.92 Å². The van der Waals surface area contributed by atoms with Gasteiger partial charge in [0.05, 0.1) is 25.8 Å². The first-order valence-electron chi connectivity index (χ1n) is 9.55.